The first kappa shape index (κ1) is 19.8. The van der Waals surface area contributed by atoms with Crippen molar-refractivity contribution in [1.82, 2.24) is 5.32 Å². The Kier molecular flexibility index (Phi) is 7.75. The minimum Gasteiger partial charge on any atom is -0.479 e. The number of benzene rings is 2. The molecular formula is C19H21BrClNO3. The molecular weight excluding hydrogens is 406 g/mol. The number of rotatable bonds is 8. The Morgan fingerprint density at radius 1 is 1.24 bits per heavy atom. The number of aliphatic hydroxyl groups excluding tert-OH is 1. The minimum atomic E-state index is -0.678. The van der Waals surface area contributed by atoms with Crippen LogP contribution in [-0.2, 0) is 11.2 Å². The van der Waals surface area contributed by atoms with Crippen LogP contribution in [0.1, 0.15) is 12.5 Å². The van der Waals surface area contributed by atoms with Crippen molar-refractivity contribution in [2.24, 2.45) is 5.92 Å². The first-order valence-electron chi connectivity index (χ1n) is 8.04. The Balaban J connectivity index is 1.87. The predicted octanol–water partition coefficient (Wildman–Crippen LogP) is 3.84. The van der Waals surface area contributed by atoms with Crippen LogP contribution in [0, 0.1) is 5.92 Å². The molecule has 25 heavy (non-hydrogen) atoms. The topological polar surface area (TPSA) is 58.6 Å². The summed E-state index contributed by atoms with van der Waals surface area (Å²) in [5, 5.41) is 12.9. The van der Waals surface area contributed by atoms with E-state index >= 15 is 0 Å². The van der Waals surface area contributed by atoms with Crippen LogP contribution in [0.4, 0.5) is 0 Å². The lowest BCUT2D eigenvalue weighted by Crippen LogP contribution is -2.40. The van der Waals surface area contributed by atoms with Crippen molar-refractivity contribution in [3.63, 3.8) is 0 Å². The maximum absolute atomic E-state index is 12.2. The summed E-state index contributed by atoms with van der Waals surface area (Å²) in [7, 11) is 0. The second kappa shape index (κ2) is 9.80. The van der Waals surface area contributed by atoms with Gasteiger partial charge in [0.1, 0.15) is 5.75 Å². The molecule has 2 aromatic carbocycles. The standard InChI is InChI=1S/C19H21BrClNO3/c1-13(25-18-9-5-4-8-17(18)21)19(24)22-11-14(12-23)10-15-6-2-3-7-16(15)20/h2-9,13-14,23H,10-12H2,1H3,(H,22,24)/t13-,14+/m0/s1. The molecule has 1 amide bonds. The fraction of sp³-hybridized carbons (Fsp3) is 0.316. The first-order valence-corrected chi connectivity index (χ1v) is 9.21. The van der Waals surface area contributed by atoms with Crippen LogP contribution in [0.15, 0.2) is 53.0 Å². The van der Waals surface area contributed by atoms with Gasteiger partial charge in [0.25, 0.3) is 5.91 Å². The van der Waals surface area contributed by atoms with E-state index in [1.54, 1.807) is 31.2 Å². The molecule has 2 rings (SSSR count). The summed E-state index contributed by atoms with van der Waals surface area (Å²) in [4.78, 5) is 12.2. The van der Waals surface area contributed by atoms with Crippen LogP contribution < -0.4 is 10.1 Å². The van der Waals surface area contributed by atoms with Crippen molar-refractivity contribution in [2.45, 2.75) is 19.4 Å². The van der Waals surface area contributed by atoms with Crippen molar-refractivity contribution in [2.75, 3.05) is 13.2 Å². The third-order valence-electron chi connectivity index (χ3n) is 3.80. The molecule has 0 aliphatic rings. The van der Waals surface area contributed by atoms with Gasteiger partial charge in [0.15, 0.2) is 6.10 Å². The van der Waals surface area contributed by atoms with E-state index in [1.807, 2.05) is 24.3 Å². The average molecular weight is 427 g/mol. The fourth-order valence-corrected chi connectivity index (χ4v) is 2.98. The Morgan fingerprint density at radius 3 is 2.60 bits per heavy atom. The average Bonchev–Trinajstić information content (AvgIpc) is 2.61. The Hall–Kier alpha value is -1.56. The van der Waals surface area contributed by atoms with Crippen LogP contribution in [0.2, 0.25) is 5.02 Å². The Morgan fingerprint density at radius 2 is 1.92 bits per heavy atom. The maximum atomic E-state index is 12.2. The summed E-state index contributed by atoms with van der Waals surface area (Å²) in [6, 6.07) is 14.9. The fourth-order valence-electron chi connectivity index (χ4n) is 2.35. The maximum Gasteiger partial charge on any atom is 0.260 e. The third kappa shape index (κ3) is 6.03. The van der Waals surface area contributed by atoms with E-state index in [0.717, 1.165) is 10.0 Å². The molecule has 0 aromatic heterocycles. The molecule has 0 saturated carbocycles. The van der Waals surface area contributed by atoms with Crippen LogP contribution in [-0.4, -0.2) is 30.3 Å². The van der Waals surface area contributed by atoms with E-state index in [1.165, 1.54) is 0 Å². The summed E-state index contributed by atoms with van der Waals surface area (Å²) in [6.45, 7) is 2.02. The number of carbonyl (C=O) groups excluding carboxylic acids is 1. The lowest BCUT2D eigenvalue weighted by molar-refractivity contribution is -0.127. The molecule has 0 unspecified atom stereocenters. The molecule has 0 bridgehead atoms. The number of hydrogen-bond donors (Lipinski definition) is 2. The summed E-state index contributed by atoms with van der Waals surface area (Å²) in [6.07, 6.45) is -0.0134. The molecule has 4 nitrogen and oxygen atoms in total. The Bertz CT molecular complexity index is 711. The SMILES string of the molecule is C[C@H](Oc1ccccc1Cl)C(=O)NC[C@H](CO)Cc1ccccc1Br. The van der Waals surface area contributed by atoms with Gasteiger partial charge in [-0.1, -0.05) is 57.9 Å². The molecule has 0 radical (unpaired) electrons. The zero-order chi connectivity index (χ0) is 18.2. The minimum absolute atomic E-state index is 0.0125. The van der Waals surface area contributed by atoms with Crippen LogP contribution in [0.3, 0.4) is 0 Å². The summed E-state index contributed by atoms with van der Waals surface area (Å²) < 4.78 is 6.59. The molecule has 0 aliphatic heterocycles. The zero-order valence-corrected chi connectivity index (χ0v) is 16.3. The molecule has 134 valence electrons. The smallest absolute Gasteiger partial charge is 0.260 e. The summed E-state index contributed by atoms with van der Waals surface area (Å²) in [5.41, 5.74) is 1.09. The molecule has 0 spiro atoms. The normalized spacial score (nSPS) is 13.1. The van der Waals surface area contributed by atoms with Crippen LogP contribution in [0.25, 0.3) is 0 Å². The number of carbonyl (C=O) groups is 1. The van der Waals surface area contributed by atoms with Gasteiger partial charge in [-0.3, -0.25) is 4.79 Å². The van der Waals surface area contributed by atoms with E-state index < -0.39 is 6.10 Å². The second-order valence-electron chi connectivity index (χ2n) is 5.78. The number of amides is 1. The van der Waals surface area contributed by atoms with Gasteiger partial charge in [-0.25, -0.2) is 0 Å². The lowest BCUT2D eigenvalue weighted by atomic mass is 10.00. The van der Waals surface area contributed by atoms with Crippen molar-refractivity contribution >= 4 is 33.4 Å². The molecule has 2 aromatic rings. The van der Waals surface area contributed by atoms with E-state index in [9.17, 15) is 9.90 Å². The van der Waals surface area contributed by atoms with E-state index in [2.05, 4.69) is 21.2 Å². The molecule has 6 heteroatoms. The number of halogens is 2. The largest absolute Gasteiger partial charge is 0.479 e. The molecule has 2 N–H and O–H groups in total. The van der Waals surface area contributed by atoms with E-state index in [0.29, 0.717) is 23.7 Å². The summed E-state index contributed by atoms with van der Waals surface area (Å²) in [5.74, 6) is 0.152. The van der Waals surface area contributed by atoms with Gasteiger partial charge in [-0.15, -0.1) is 0 Å². The second-order valence-corrected chi connectivity index (χ2v) is 7.04. The van der Waals surface area contributed by atoms with Gasteiger partial charge >= 0.3 is 0 Å². The number of para-hydroxylation sites is 1. The Labute approximate surface area is 161 Å². The molecule has 2 atom stereocenters. The summed E-state index contributed by atoms with van der Waals surface area (Å²) >= 11 is 9.53. The van der Waals surface area contributed by atoms with E-state index in [4.69, 9.17) is 16.3 Å². The highest BCUT2D eigenvalue weighted by atomic mass is 79.9. The van der Waals surface area contributed by atoms with Crippen LogP contribution >= 0.6 is 27.5 Å². The number of nitrogens with one attached hydrogen (secondary N) is 1. The number of aliphatic hydroxyl groups is 1. The van der Waals surface area contributed by atoms with Gasteiger partial charge in [0.2, 0.25) is 0 Å². The monoisotopic (exact) mass is 425 g/mol. The van der Waals surface area contributed by atoms with Gasteiger partial charge in [-0.05, 0) is 37.1 Å². The third-order valence-corrected chi connectivity index (χ3v) is 4.89. The van der Waals surface area contributed by atoms with Gasteiger partial charge in [-0.2, -0.15) is 0 Å². The van der Waals surface area contributed by atoms with Crippen molar-refractivity contribution in [3.05, 3.63) is 63.6 Å². The lowest BCUT2D eigenvalue weighted by Gasteiger charge is -2.19. The highest BCUT2D eigenvalue weighted by Crippen LogP contribution is 2.24. The number of ether oxygens (including phenoxy) is 1. The quantitative estimate of drug-likeness (QED) is 0.674. The first-order chi connectivity index (χ1) is 12.0. The van der Waals surface area contributed by atoms with Gasteiger partial charge in [0, 0.05) is 23.5 Å². The highest BCUT2D eigenvalue weighted by Gasteiger charge is 2.18. The van der Waals surface area contributed by atoms with Crippen LogP contribution in [0.5, 0.6) is 5.75 Å². The van der Waals surface area contributed by atoms with Gasteiger partial charge < -0.3 is 15.2 Å². The highest BCUT2D eigenvalue weighted by molar-refractivity contribution is 9.10. The van der Waals surface area contributed by atoms with Crippen molar-refractivity contribution in [1.29, 1.82) is 0 Å². The molecule has 0 aliphatic carbocycles. The molecule has 0 saturated heterocycles. The zero-order valence-electron chi connectivity index (χ0n) is 13.9. The van der Waals surface area contributed by atoms with Crippen molar-refractivity contribution in [3.8, 4) is 5.75 Å². The van der Waals surface area contributed by atoms with E-state index in [-0.39, 0.29) is 18.4 Å². The number of hydrogen-bond acceptors (Lipinski definition) is 3. The molecule has 0 heterocycles. The van der Waals surface area contributed by atoms with Crippen molar-refractivity contribution < 1.29 is 14.6 Å². The molecule has 0 fully saturated rings. The van der Waals surface area contributed by atoms with Gasteiger partial charge in [0.05, 0.1) is 5.02 Å². The predicted molar refractivity (Wildman–Crippen MR) is 103 cm³/mol.